The molecule has 0 aliphatic heterocycles. The van der Waals surface area contributed by atoms with Gasteiger partial charge in [-0.3, -0.25) is 9.59 Å². The van der Waals surface area contributed by atoms with Gasteiger partial charge in [0.1, 0.15) is 6.04 Å². The van der Waals surface area contributed by atoms with Crippen LogP contribution in [-0.2, 0) is 21.9 Å². The molecule has 0 spiro atoms. The number of hydrogen-bond acceptors (Lipinski definition) is 3. The SMILES string of the molecule is CC[C@@H](C(=O)NC)N(Cc1ccc(Cl)cc1Cl)C(=O)CSCc1ccccc1. The molecule has 150 valence electrons. The number of thioether (sulfide) groups is 1. The number of nitrogens with one attached hydrogen (secondary N) is 1. The molecule has 0 heterocycles. The molecule has 0 saturated heterocycles. The molecular formula is C21H24Cl2N2O2S. The average molecular weight is 439 g/mol. The second kappa shape index (κ2) is 11.3. The Balaban J connectivity index is 2.14. The maximum atomic E-state index is 13.0. The van der Waals surface area contributed by atoms with Crippen molar-refractivity contribution in [2.45, 2.75) is 31.7 Å². The molecule has 1 N–H and O–H groups in total. The number of halogens is 2. The molecule has 0 bridgehead atoms. The number of carbonyl (C=O) groups is 2. The van der Waals surface area contributed by atoms with Gasteiger partial charge in [0, 0.05) is 29.4 Å². The standard InChI is InChI=1S/C21H24Cl2N2O2S/c1-3-19(21(27)24-2)25(12-16-9-10-17(22)11-18(16)23)20(26)14-28-13-15-7-5-4-6-8-15/h4-11,19H,3,12-14H2,1-2H3,(H,24,27)/t19-/m0/s1. The third-order valence-electron chi connectivity index (χ3n) is 4.33. The Morgan fingerprint density at radius 3 is 2.46 bits per heavy atom. The van der Waals surface area contributed by atoms with E-state index in [1.807, 2.05) is 37.3 Å². The number of carbonyl (C=O) groups excluding carboxylic acids is 2. The van der Waals surface area contributed by atoms with E-state index < -0.39 is 6.04 Å². The summed E-state index contributed by atoms with van der Waals surface area (Å²) in [5.74, 6) is 0.739. The number of rotatable bonds is 9. The summed E-state index contributed by atoms with van der Waals surface area (Å²) < 4.78 is 0. The number of benzene rings is 2. The summed E-state index contributed by atoms with van der Waals surface area (Å²) in [6.07, 6.45) is 0.514. The van der Waals surface area contributed by atoms with Crippen LogP contribution in [0, 0.1) is 0 Å². The van der Waals surface area contributed by atoms with E-state index in [9.17, 15) is 9.59 Å². The molecular weight excluding hydrogens is 415 g/mol. The predicted molar refractivity (Wildman–Crippen MR) is 118 cm³/mol. The van der Waals surface area contributed by atoms with Crippen molar-refractivity contribution in [1.29, 1.82) is 0 Å². The summed E-state index contributed by atoms with van der Waals surface area (Å²) in [5.41, 5.74) is 1.92. The van der Waals surface area contributed by atoms with Crippen LogP contribution in [0.3, 0.4) is 0 Å². The van der Waals surface area contributed by atoms with Gasteiger partial charge in [-0.1, -0.05) is 66.5 Å². The van der Waals surface area contributed by atoms with Crippen LogP contribution in [0.2, 0.25) is 10.0 Å². The molecule has 2 rings (SSSR count). The molecule has 7 heteroatoms. The van der Waals surface area contributed by atoms with Crippen LogP contribution in [0.1, 0.15) is 24.5 Å². The second-order valence-corrected chi connectivity index (χ2v) is 8.10. The first-order valence-corrected chi connectivity index (χ1v) is 10.9. The van der Waals surface area contributed by atoms with Gasteiger partial charge >= 0.3 is 0 Å². The zero-order chi connectivity index (χ0) is 20.5. The highest BCUT2D eigenvalue weighted by atomic mass is 35.5. The number of amides is 2. The number of likely N-dealkylation sites (N-methyl/N-ethyl adjacent to an activating group) is 1. The van der Waals surface area contributed by atoms with Crippen molar-refractivity contribution < 1.29 is 9.59 Å². The van der Waals surface area contributed by atoms with Gasteiger partial charge in [0.25, 0.3) is 0 Å². The lowest BCUT2D eigenvalue weighted by Gasteiger charge is -2.30. The van der Waals surface area contributed by atoms with Crippen molar-refractivity contribution in [2.24, 2.45) is 0 Å². The van der Waals surface area contributed by atoms with E-state index in [0.29, 0.717) is 16.5 Å². The number of nitrogens with zero attached hydrogens (tertiary/aromatic N) is 1. The molecule has 2 aromatic rings. The van der Waals surface area contributed by atoms with Crippen LogP contribution in [0.25, 0.3) is 0 Å². The molecule has 1 atom stereocenters. The molecule has 0 radical (unpaired) electrons. The van der Waals surface area contributed by atoms with E-state index in [1.54, 1.807) is 30.1 Å². The van der Waals surface area contributed by atoms with Crippen LogP contribution in [-0.4, -0.2) is 35.6 Å². The minimum atomic E-state index is -0.554. The zero-order valence-corrected chi connectivity index (χ0v) is 18.3. The van der Waals surface area contributed by atoms with Crippen LogP contribution in [0.15, 0.2) is 48.5 Å². The fraction of sp³-hybridized carbons (Fsp3) is 0.333. The summed E-state index contributed by atoms with van der Waals surface area (Å²) in [7, 11) is 1.58. The lowest BCUT2D eigenvalue weighted by atomic mass is 10.1. The van der Waals surface area contributed by atoms with Crippen LogP contribution >= 0.6 is 35.0 Å². The van der Waals surface area contributed by atoms with Gasteiger partial charge in [-0.05, 0) is 29.7 Å². The van der Waals surface area contributed by atoms with Gasteiger partial charge in [0.05, 0.1) is 5.75 Å². The number of hydrogen-bond donors (Lipinski definition) is 1. The van der Waals surface area contributed by atoms with Gasteiger partial charge < -0.3 is 10.2 Å². The van der Waals surface area contributed by atoms with Crippen molar-refractivity contribution in [3.8, 4) is 0 Å². The minimum absolute atomic E-state index is 0.0950. The van der Waals surface area contributed by atoms with Gasteiger partial charge in [-0.15, -0.1) is 11.8 Å². The second-order valence-electron chi connectivity index (χ2n) is 6.27. The van der Waals surface area contributed by atoms with Gasteiger partial charge in [0.2, 0.25) is 11.8 Å². The van der Waals surface area contributed by atoms with Crippen molar-refractivity contribution in [2.75, 3.05) is 12.8 Å². The lowest BCUT2D eigenvalue weighted by Crippen LogP contribution is -2.48. The summed E-state index contributed by atoms with van der Waals surface area (Å²) in [6.45, 7) is 2.15. The quantitative estimate of drug-likeness (QED) is 0.612. The maximum absolute atomic E-state index is 13.0. The predicted octanol–water partition coefficient (Wildman–Crippen LogP) is 4.78. The van der Waals surface area contributed by atoms with Crippen LogP contribution in [0.5, 0.6) is 0 Å². The molecule has 0 unspecified atom stereocenters. The topological polar surface area (TPSA) is 49.4 Å². The van der Waals surface area contributed by atoms with Crippen LogP contribution < -0.4 is 5.32 Å². The lowest BCUT2D eigenvalue weighted by molar-refractivity contribution is -0.139. The zero-order valence-electron chi connectivity index (χ0n) is 16.0. The third kappa shape index (κ3) is 6.43. The van der Waals surface area contributed by atoms with E-state index in [0.717, 1.165) is 16.9 Å². The first-order valence-electron chi connectivity index (χ1n) is 9.03. The third-order valence-corrected chi connectivity index (χ3v) is 5.90. The summed E-state index contributed by atoms with van der Waals surface area (Å²) >= 11 is 13.8. The van der Waals surface area contributed by atoms with E-state index in [1.165, 1.54) is 11.8 Å². The summed E-state index contributed by atoms with van der Waals surface area (Å²) in [6, 6.07) is 14.6. The molecule has 0 saturated carbocycles. The van der Waals surface area contributed by atoms with E-state index in [2.05, 4.69) is 5.32 Å². The Morgan fingerprint density at radius 2 is 1.86 bits per heavy atom. The first-order chi connectivity index (χ1) is 13.5. The Morgan fingerprint density at radius 1 is 1.14 bits per heavy atom. The van der Waals surface area contributed by atoms with E-state index in [4.69, 9.17) is 23.2 Å². The van der Waals surface area contributed by atoms with Crippen LogP contribution in [0.4, 0.5) is 0 Å². The monoisotopic (exact) mass is 438 g/mol. The Labute approximate surface area is 180 Å². The highest BCUT2D eigenvalue weighted by molar-refractivity contribution is 7.99. The van der Waals surface area contributed by atoms with Crippen molar-refractivity contribution in [1.82, 2.24) is 10.2 Å². The Hall–Kier alpha value is -1.69. The maximum Gasteiger partial charge on any atom is 0.242 e. The molecule has 28 heavy (non-hydrogen) atoms. The summed E-state index contributed by atoms with van der Waals surface area (Å²) in [5, 5.41) is 3.66. The normalized spacial score (nSPS) is 11.7. The molecule has 4 nitrogen and oxygen atoms in total. The van der Waals surface area contributed by atoms with Gasteiger partial charge in [0.15, 0.2) is 0 Å². The van der Waals surface area contributed by atoms with Crippen molar-refractivity contribution >= 4 is 46.8 Å². The molecule has 2 amide bonds. The molecule has 0 aromatic heterocycles. The van der Waals surface area contributed by atoms with Gasteiger partial charge in [-0.25, -0.2) is 0 Å². The minimum Gasteiger partial charge on any atom is -0.357 e. The fourth-order valence-electron chi connectivity index (χ4n) is 2.83. The Bertz CT molecular complexity index is 802. The highest BCUT2D eigenvalue weighted by Gasteiger charge is 2.28. The Kier molecular flexibility index (Phi) is 9.16. The average Bonchev–Trinajstić information content (AvgIpc) is 2.69. The molecule has 2 aromatic carbocycles. The fourth-order valence-corrected chi connectivity index (χ4v) is 4.17. The molecule has 0 aliphatic rings. The summed E-state index contributed by atoms with van der Waals surface area (Å²) in [4.78, 5) is 26.9. The van der Waals surface area contributed by atoms with E-state index >= 15 is 0 Å². The smallest absolute Gasteiger partial charge is 0.242 e. The van der Waals surface area contributed by atoms with Crippen molar-refractivity contribution in [3.05, 3.63) is 69.7 Å². The molecule has 0 fully saturated rings. The first kappa shape index (κ1) is 22.6. The largest absolute Gasteiger partial charge is 0.357 e. The van der Waals surface area contributed by atoms with E-state index in [-0.39, 0.29) is 24.1 Å². The van der Waals surface area contributed by atoms with Gasteiger partial charge in [-0.2, -0.15) is 0 Å². The van der Waals surface area contributed by atoms with Crippen molar-refractivity contribution in [3.63, 3.8) is 0 Å². The highest BCUT2D eigenvalue weighted by Crippen LogP contribution is 2.24. The molecule has 0 aliphatic carbocycles.